The quantitative estimate of drug-likeness (QED) is 0.787. The van der Waals surface area contributed by atoms with Gasteiger partial charge in [-0.2, -0.15) is 5.10 Å². The number of hydrogen-bond donors (Lipinski definition) is 1. The zero-order valence-electron chi connectivity index (χ0n) is 12.3. The second kappa shape index (κ2) is 5.83. The molecule has 0 amide bonds. The lowest BCUT2D eigenvalue weighted by molar-refractivity contribution is -0.274. The minimum absolute atomic E-state index is 0.224. The van der Waals surface area contributed by atoms with Gasteiger partial charge in [-0.1, -0.05) is 12.1 Å². The van der Waals surface area contributed by atoms with Crippen LogP contribution in [-0.2, 0) is 13.6 Å². The van der Waals surface area contributed by atoms with Gasteiger partial charge in [0, 0.05) is 30.9 Å². The maximum absolute atomic E-state index is 12.1. The van der Waals surface area contributed by atoms with E-state index in [1.54, 1.807) is 16.8 Å². The van der Waals surface area contributed by atoms with Crippen molar-refractivity contribution in [2.45, 2.75) is 12.9 Å². The van der Waals surface area contributed by atoms with Crippen molar-refractivity contribution in [3.63, 3.8) is 0 Å². The number of nitrogens with one attached hydrogen (secondary N) is 1. The van der Waals surface area contributed by atoms with Crippen molar-refractivity contribution < 1.29 is 17.9 Å². The molecule has 0 aliphatic rings. The molecule has 120 valence electrons. The predicted molar refractivity (Wildman–Crippen MR) is 81.2 cm³/mol. The van der Waals surface area contributed by atoms with E-state index in [-0.39, 0.29) is 5.75 Å². The summed E-state index contributed by atoms with van der Waals surface area (Å²) in [6.45, 7) is 0.498. The summed E-state index contributed by atoms with van der Waals surface area (Å²) in [5.74, 6) is -0.224. The highest BCUT2D eigenvalue weighted by molar-refractivity contribution is 5.81. The molecule has 0 unspecified atom stereocenters. The van der Waals surface area contributed by atoms with Gasteiger partial charge in [-0.15, -0.1) is 13.2 Å². The predicted octanol–water partition coefficient (Wildman–Crippen LogP) is 4.08. The smallest absolute Gasteiger partial charge is 0.406 e. The minimum atomic E-state index is -4.67. The normalized spacial score (nSPS) is 11.7. The van der Waals surface area contributed by atoms with E-state index in [1.165, 1.54) is 12.1 Å². The topological polar surface area (TPSA) is 39.1 Å². The van der Waals surface area contributed by atoms with Crippen molar-refractivity contribution >= 4 is 16.6 Å². The van der Waals surface area contributed by atoms with Gasteiger partial charge in [-0.3, -0.25) is 4.68 Å². The summed E-state index contributed by atoms with van der Waals surface area (Å²) >= 11 is 0. The van der Waals surface area contributed by atoms with Crippen molar-refractivity contribution in [3.05, 3.63) is 54.2 Å². The van der Waals surface area contributed by atoms with E-state index in [0.717, 1.165) is 22.2 Å². The maximum Gasteiger partial charge on any atom is 0.573 e. The number of aromatic nitrogens is 2. The first-order chi connectivity index (χ1) is 10.9. The molecule has 0 spiro atoms. The molecule has 23 heavy (non-hydrogen) atoms. The molecule has 0 saturated carbocycles. The average Bonchev–Trinajstić information content (AvgIpc) is 2.84. The van der Waals surface area contributed by atoms with Crippen LogP contribution in [0.5, 0.6) is 5.75 Å². The van der Waals surface area contributed by atoms with Crippen LogP contribution in [0.2, 0.25) is 0 Å². The fourth-order valence-corrected chi connectivity index (χ4v) is 2.27. The molecule has 1 N–H and O–H groups in total. The van der Waals surface area contributed by atoms with Crippen LogP contribution in [0.1, 0.15) is 5.56 Å². The van der Waals surface area contributed by atoms with Gasteiger partial charge in [-0.05, 0) is 35.9 Å². The van der Waals surface area contributed by atoms with Crippen LogP contribution >= 0.6 is 0 Å². The lowest BCUT2D eigenvalue weighted by Gasteiger charge is -2.10. The Morgan fingerprint density at radius 2 is 1.87 bits per heavy atom. The number of ether oxygens (including phenoxy) is 1. The standard InChI is InChI=1S/C16H14F3N3O/c1-22-10-12-8-13(4-7-15(12)21-22)20-9-11-2-5-14(6-3-11)23-16(17,18)19/h2-8,10,20H,9H2,1H3. The molecule has 0 bridgehead atoms. The summed E-state index contributed by atoms with van der Waals surface area (Å²) in [6.07, 6.45) is -2.75. The van der Waals surface area contributed by atoms with Crippen LogP contribution in [0.15, 0.2) is 48.7 Å². The van der Waals surface area contributed by atoms with Crippen molar-refractivity contribution in [2.75, 3.05) is 5.32 Å². The lowest BCUT2D eigenvalue weighted by Crippen LogP contribution is -2.17. The molecule has 0 fully saturated rings. The van der Waals surface area contributed by atoms with E-state index < -0.39 is 6.36 Å². The molecule has 2 aromatic carbocycles. The summed E-state index contributed by atoms with van der Waals surface area (Å²) in [5.41, 5.74) is 2.68. The van der Waals surface area contributed by atoms with Gasteiger partial charge in [0.2, 0.25) is 0 Å². The zero-order chi connectivity index (χ0) is 16.4. The van der Waals surface area contributed by atoms with Gasteiger partial charge in [0.15, 0.2) is 0 Å². The van der Waals surface area contributed by atoms with Crippen LogP contribution in [0.4, 0.5) is 18.9 Å². The van der Waals surface area contributed by atoms with Gasteiger partial charge >= 0.3 is 6.36 Å². The number of rotatable bonds is 4. The Balaban J connectivity index is 1.64. The van der Waals surface area contributed by atoms with Crippen LogP contribution in [0.25, 0.3) is 10.9 Å². The second-order valence-corrected chi connectivity index (χ2v) is 5.12. The van der Waals surface area contributed by atoms with Gasteiger partial charge < -0.3 is 10.1 Å². The van der Waals surface area contributed by atoms with Crippen LogP contribution in [0, 0.1) is 0 Å². The summed E-state index contributed by atoms with van der Waals surface area (Å²) in [6, 6.07) is 11.6. The first-order valence-electron chi connectivity index (χ1n) is 6.91. The lowest BCUT2D eigenvalue weighted by atomic mass is 10.2. The van der Waals surface area contributed by atoms with Crippen LogP contribution in [0.3, 0.4) is 0 Å². The number of fused-ring (bicyclic) bond motifs is 1. The first-order valence-corrected chi connectivity index (χ1v) is 6.91. The van der Waals surface area contributed by atoms with E-state index in [9.17, 15) is 13.2 Å². The van der Waals surface area contributed by atoms with Crippen molar-refractivity contribution in [1.29, 1.82) is 0 Å². The van der Waals surface area contributed by atoms with Gasteiger partial charge in [-0.25, -0.2) is 0 Å². The Kier molecular flexibility index (Phi) is 3.85. The molecular formula is C16H14F3N3O. The number of halogens is 3. The number of alkyl halides is 3. The number of nitrogens with zero attached hydrogens (tertiary/aromatic N) is 2. The Labute approximate surface area is 130 Å². The largest absolute Gasteiger partial charge is 0.573 e. The third kappa shape index (κ3) is 3.94. The Hall–Kier alpha value is -2.70. The molecule has 3 rings (SSSR count). The molecule has 1 aromatic heterocycles. The highest BCUT2D eigenvalue weighted by Crippen LogP contribution is 2.23. The molecule has 0 saturated heterocycles. The SMILES string of the molecule is Cn1cc2cc(NCc3ccc(OC(F)(F)F)cc3)ccc2n1. The molecule has 0 aliphatic carbocycles. The third-order valence-corrected chi connectivity index (χ3v) is 3.27. The third-order valence-electron chi connectivity index (χ3n) is 3.27. The fourth-order valence-electron chi connectivity index (χ4n) is 2.27. The molecule has 3 aromatic rings. The van der Waals surface area contributed by atoms with E-state index >= 15 is 0 Å². The van der Waals surface area contributed by atoms with E-state index in [1.807, 2.05) is 31.4 Å². The summed E-state index contributed by atoms with van der Waals surface area (Å²) in [5, 5.41) is 8.54. The highest BCUT2D eigenvalue weighted by Gasteiger charge is 2.30. The van der Waals surface area contributed by atoms with Crippen LogP contribution in [-0.4, -0.2) is 16.1 Å². The average molecular weight is 321 g/mol. The fraction of sp³-hybridized carbons (Fsp3) is 0.188. The van der Waals surface area contributed by atoms with Crippen molar-refractivity contribution in [1.82, 2.24) is 9.78 Å². The number of anilines is 1. The van der Waals surface area contributed by atoms with Crippen molar-refractivity contribution in [3.8, 4) is 5.75 Å². The van der Waals surface area contributed by atoms with E-state index in [4.69, 9.17) is 0 Å². The van der Waals surface area contributed by atoms with Gasteiger partial charge in [0.25, 0.3) is 0 Å². The molecule has 0 radical (unpaired) electrons. The maximum atomic E-state index is 12.1. The summed E-state index contributed by atoms with van der Waals surface area (Å²) < 4.78 is 41.9. The molecule has 1 heterocycles. The molecule has 7 heteroatoms. The van der Waals surface area contributed by atoms with E-state index in [2.05, 4.69) is 15.2 Å². The number of benzene rings is 2. The second-order valence-electron chi connectivity index (χ2n) is 5.12. The summed E-state index contributed by atoms with van der Waals surface area (Å²) in [7, 11) is 1.86. The Bertz CT molecular complexity index is 810. The van der Waals surface area contributed by atoms with Gasteiger partial charge in [0.1, 0.15) is 5.75 Å². The number of aryl methyl sites for hydroxylation is 1. The highest BCUT2D eigenvalue weighted by atomic mass is 19.4. The first kappa shape index (κ1) is 15.2. The van der Waals surface area contributed by atoms with Crippen LogP contribution < -0.4 is 10.1 Å². The van der Waals surface area contributed by atoms with E-state index in [0.29, 0.717) is 6.54 Å². The monoisotopic (exact) mass is 321 g/mol. The molecule has 4 nitrogen and oxygen atoms in total. The summed E-state index contributed by atoms with van der Waals surface area (Å²) in [4.78, 5) is 0. The molecule has 0 atom stereocenters. The zero-order valence-corrected chi connectivity index (χ0v) is 12.3. The molecular weight excluding hydrogens is 307 g/mol. The molecule has 0 aliphatic heterocycles. The Morgan fingerprint density at radius 1 is 1.13 bits per heavy atom. The minimum Gasteiger partial charge on any atom is -0.406 e. The van der Waals surface area contributed by atoms with Gasteiger partial charge in [0.05, 0.1) is 5.52 Å². The number of hydrogen-bond acceptors (Lipinski definition) is 3. The Morgan fingerprint density at radius 3 is 2.57 bits per heavy atom. The van der Waals surface area contributed by atoms with Crippen molar-refractivity contribution in [2.24, 2.45) is 7.05 Å².